The number of benzene rings is 4. The van der Waals surface area contributed by atoms with Crippen LogP contribution >= 0.6 is 0 Å². The van der Waals surface area contributed by atoms with Crippen molar-refractivity contribution in [2.24, 2.45) is 0 Å². The maximum absolute atomic E-state index is 12.0. The van der Waals surface area contributed by atoms with E-state index in [1.54, 1.807) is 0 Å². The Balaban J connectivity index is 0.00000210. The monoisotopic (exact) mass is 740 g/mol. The Kier molecular flexibility index (Phi) is 15.4. The molecule has 13 nitrogen and oxygen atoms in total. The van der Waals surface area contributed by atoms with Crippen molar-refractivity contribution in [3.8, 4) is 0 Å². The van der Waals surface area contributed by atoms with Gasteiger partial charge >= 0.3 is 206 Å². The van der Waals surface area contributed by atoms with Crippen LogP contribution in [-0.2, 0) is 40.5 Å². The van der Waals surface area contributed by atoms with E-state index in [1.807, 2.05) is 0 Å². The zero-order valence-corrected chi connectivity index (χ0v) is 37.3. The first kappa shape index (κ1) is 42.4. The minimum Gasteiger partial charge on any atom is -0.744 e. The number of hydrogen-bond donors (Lipinski definition) is 0. The predicted molar refractivity (Wildman–Crippen MR) is 121 cm³/mol. The van der Waals surface area contributed by atoms with Gasteiger partial charge in [0.25, 0.3) is 0 Å². The van der Waals surface area contributed by atoms with Gasteiger partial charge in [-0.1, -0.05) is 12.1 Å². The van der Waals surface area contributed by atoms with Crippen molar-refractivity contribution in [1.29, 1.82) is 0 Å². The Labute approximate surface area is 403 Å². The summed E-state index contributed by atoms with van der Waals surface area (Å²) >= 11 is 0. The van der Waals surface area contributed by atoms with Gasteiger partial charge in [-0.2, -0.15) is 0 Å². The Morgan fingerprint density at radius 2 is 0.756 bits per heavy atom. The molecule has 4 aromatic carbocycles. The molecule has 0 aliphatic heterocycles. The summed E-state index contributed by atoms with van der Waals surface area (Å²) in [6.45, 7) is 0. The third kappa shape index (κ3) is 8.52. The number of hydrogen-bond acceptors (Lipinski definition) is 13. The minimum absolute atomic E-state index is 0. The third-order valence-corrected chi connectivity index (χ3v) is 9.07. The molecule has 0 aliphatic carbocycles. The molecule has 1 aromatic heterocycles. The van der Waals surface area contributed by atoms with Crippen LogP contribution in [0.5, 0.6) is 0 Å². The fourth-order valence-electron chi connectivity index (χ4n) is 4.21. The molecule has 0 aliphatic rings. The normalized spacial score (nSPS) is 12.4. The second-order valence-corrected chi connectivity index (χ2v) is 13.3. The summed E-state index contributed by atoms with van der Waals surface area (Å²) in [6.07, 6.45) is 0. The van der Waals surface area contributed by atoms with Gasteiger partial charge in [0.1, 0.15) is 51.6 Å². The summed E-state index contributed by atoms with van der Waals surface area (Å²) in [6, 6.07) is 6.63. The van der Waals surface area contributed by atoms with Gasteiger partial charge in [-0.15, -0.1) is 0 Å². The SMILES string of the molecule is O=S(=O)([O-])c1ccc2c(c1)c(S(=O)(=O)[O-])cc1oc3cc(S(=O)(=O)[O-])c4cc(S(=O)(=O)[O-])ccc4c3c12.[K+].[K+].[K+].[K+]. The van der Waals surface area contributed by atoms with Crippen LogP contribution in [0.15, 0.2) is 72.5 Å². The minimum atomic E-state index is -5.27. The Morgan fingerprint density at radius 3 is 1.02 bits per heavy atom. The predicted octanol–water partition coefficient (Wildman–Crippen LogP) is -10.5. The second-order valence-electron chi connectivity index (χ2n) is 7.83. The van der Waals surface area contributed by atoms with Crippen LogP contribution in [0.2, 0.25) is 0 Å². The summed E-state index contributed by atoms with van der Waals surface area (Å²) in [5.74, 6) is 0. The Bertz CT molecular complexity index is 2140. The van der Waals surface area contributed by atoms with Gasteiger partial charge in [0.2, 0.25) is 0 Å². The fourth-order valence-corrected chi connectivity index (χ4v) is 6.59. The van der Waals surface area contributed by atoms with Gasteiger partial charge in [-0.05, 0) is 47.2 Å². The number of rotatable bonds is 4. The Hall–Kier alpha value is 3.39. The molecule has 0 bridgehead atoms. The molecule has 0 amide bonds. The maximum atomic E-state index is 12.0. The quantitative estimate of drug-likeness (QED) is 0.123. The molecular weight excluding hydrogens is 733 g/mol. The molecule has 0 unspecified atom stereocenters. The smallest absolute Gasteiger partial charge is 0.744 e. The van der Waals surface area contributed by atoms with Crippen molar-refractivity contribution in [2.75, 3.05) is 0 Å². The topological polar surface area (TPSA) is 242 Å². The van der Waals surface area contributed by atoms with E-state index in [0.717, 1.165) is 36.4 Å². The van der Waals surface area contributed by atoms with Crippen LogP contribution in [0, 0.1) is 0 Å². The molecule has 0 spiro atoms. The molecule has 0 N–H and O–H groups in total. The van der Waals surface area contributed by atoms with Gasteiger partial charge < -0.3 is 22.6 Å². The van der Waals surface area contributed by atoms with Gasteiger partial charge in [0, 0.05) is 21.5 Å². The van der Waals surface area contributed by atoms with E-state index < -0.39 is 70.8 Å². The summed E-state index contributed by atoms with van der Waals surface area (Å²) in [5, 5.41) is -1.09. The van der Waals surface area contributed by atoms with Crippen LogP contribution in [0.25, 0.3) is 43.5 Å². The summed E-state index contributed by atoms with van der Waals surface area (Å²) in [4.78, 5) is -3.57. The number of fused-ring (bicyclic) bond motifs is 7. The van der Waals surface area contributed by atoms with Gasteiger partial charge in [-0.25, -0.2) is 33.7 Å². The van der Waals surface area contributed by atoms with E-state index in [4.69, 9.17) is 4.42 Å². The molecule has 0 saturated heterocycles. The van der Waals surface area contributed by atoms with Crippen molar-refractivity contribution >= 4 is 84.0 Å². The van der Waals surface area contributed by atoms with E-state index in [-0.39, 0.29) is 238 Å². The second kappa shape index (κ2) is 14.9. The first-order chi connectivity index (χ1) is 16.9. The van der Waals surface area contributed by atoms with E-state index in [0.29, 0.717) is 12.1 Å². The molecule has 1 heterocycles. The average molecular weight is 741 g/mol. The molecule has 194 valence electrons. The standard InChI is InChI=1S/C20H12O13S4.4K/c21-34(22,23)9-1-3-11-13(5-9)17(36(27,28)29)7-15-19(11)20-12-4-2-10(35(24,25)26)6-14(12)18(37(30,31)32)8-16(20)33-15;;;;/h1-8H,(H,21,22,23)(H,24,25,26)(H,27,28,29)(H,30,31,32);;;;/q;4*+1/p-4. The zero-order chi connectivity index (χ0) is 27.3. The third-order valence-electron chi connectivity index (χ3n) is 5.65. The van der Waals surface area contributed by atoms with E-state index in [1.165, 1.54) is 0 Å². The maximum Gasteiger partial charge on any atom is 1.00 e. The average Bonchev–Trinajstić information content (AvgIpc) is 3.13. The van der Waals surface area contributed by atoms with Crippen molar-refractivity contribution in [3.05, 3.63) is 48.5 Å². The largest absolute Gasteiger partial charge is 1.00 e. The fraction of sp³-hybridized carbons (Fsp3) is 0. The van der Waals surface area contributed by atoms with Crippen molar-refractivity contribution in [3.63, 3.8) is 0 Å². The zero-order valence-electron chi connectivity index (χ0n) is 21.6. The van der Waals surface area contributed by atoms with Crippen LogP contribution < -0.4 is 206 Å². The van der Waals surface area contributed by atoms with E-state index >= 15 is 0 Å². The first-order valence-corrected chi connectivity index (χ1v) is 15.2. The molecule has 0 radical (unpaired) electrons. The Morgan fingerprint density at radius 1 is 0.439 bits per heavy atom. The van der Waals surface area contributed by atoms with Gasteiger partial charge in [0.15, 0.2) is 0 Å². The molecule has 41 heavy (non-hydrogen) atoms. The summed E-state index contributed by atoms with van der Waals surface area (Å²) in [5.41, 5.74) is -0.589. The van der Waals surface area contributed by atoms with Crippen molar-refractivity contribution < 1.29 is 262 Å². The summed E-state index contributed by atoms with van der Waals surface area (Å²) in [7, 11) is -20.7. The van der Waals surface area contributed by atoms with Crippen LogP contribution in [0.1, 0.15) is 0 Å². The van der Waals surface area contributed by atoms with Crippen LogP contribution in [-0.4, -0.2) is 51.9 Å². The molecule has 5 aromatic rings. The van der Waals surface area contributed by atoms with Crippen molar-refractivity contribution in [2.45, 2.75) is 19.6 Å². The van der Waals surface area contributed by atoms with Crippen LogP contribution in [0.3, 0.4) is 0 Å². The van der Waals surface area contributed by atoms with Gasteiger partial charge in [0.05, 0.1) is 19.6 Å². The molecule has 0 fully saturated rings. The molecule has 5 rings (SSSR count). The van der Waals surface area contributed by atoms with Crippen LogP contribution in [0.4, 0.5) is 0 Å². The van der Waals surface area contributed by atoms with Crippen molar-refractivity contribution in [1.82, 2.24) is 0 Å². The first-order valence-electron chi connectivity index (χ1n) is 9.61. The summed E-state index contributed by atoms with van der Waals surface area (Å²) < 4.78 is 146. The number of furan rings is 1. The molecule has 21 heteroatoms. The molecular formula is C20H8K4O13S4. The molecule has 0 saturated carbocycles. The molecule has 0 atom stereocenters. The van der Waals surface area contributed by atoms with E-state index in [9.17, 15) is 51.9 Å². The van der Waals surface area contributed by atoms with E-state index in [2.05, 4.69) is 0 Å². The van der Waals surface area contributed by atoms with Gasteiger partial charge in [-0.3, -0.25) is 0 Å².